The first-order valence-corrected chi connectivity index (χ1v) is 10.1. The quantitative estimate of drug-likeness (QED) is 0.610. The molecule has 7 heteroatoms. The van der Waals surface area contributed by atoms with Crippen LogP contribution in [0.2, 0.25) is 0 Å². The molecule has 0 spiro atoms. The normalized spacial score (nSPS) is 11.0. The molecular formula is C21H22N2O4S. The minimum Gasteiger partial charge on any atom is -0.497 e. The van der Waals surface area contributed by atoms with E-state index in [0.29, 0.717) is 17.0 Å². The SMILES string of the molecule is COc1cccc(Nc2ccc(NS(=O)(=O)c3ccc(OC)cc3C)cc2)c1. The van der Waals surface area contributed by atoms with Crippen molar-refractivity contribution >= 4 is 27.1 Å². The third-order valence-electron chi connectivity index (χ3n) is 4.17. The molecule has 6 nitrogen and oxygen atoms in total. The van der Waals surface area contributed by atoms with Gasteiger partial charge in [-0.15, -0.1) is 0 Å². The number of benzene rings is 3. The van der Waals surface area contributed by atoms with Crippen molar-refractivity contribution in [1.29, 1.82) is 0 Å². The highest BCUT2D eigenvalue weighted by molar-refractivity contribution is 7.92. The summed E-state index contributed by atoms with van der Waals surface area (Å²) in [6.07, 6.45) is 0. The minimum absolute atomic E-state index is 0.215. The van der Waals surface area contributed by atoms with Gasteiger partial charge in [-0.1, -0.05) is 6.07 Å². The van der Waals surface area contributed by atoms with E-state index in [1.54, 1.807) is 57.5 Å². The number of hydrogen-bond acceptors (Lipinski definition) is 5. The van der Waals surface area contributed by atoms with Gasteiger partial charge in [-0.05, 0) is 67.1 Å². The molecule has 0 bridgehead atoms. The predicted molar refractivity (Wildman–Crippen MR) is 111 cm³/mol. The van der Waals surface area contributed by atoms with Crippen molar-refractivity contribution in [3.63, 3.8) is 0 Å². The highest BCUT2D eigenvalue weighted by Crippen LogP contribution is 2.25. The summed E-state index contributed by atoms with van der Waals surface area (Å²) in [6, 6.07) is 19.4. The van der Waals surface area contributed by atoms with Crippen LogP contribution < -0.4 is 19.5 Å². The Balaban J connectivity index is 1.74. The Morgan fingerprint density at radius 2 is 1.39 bits per heavy atom. The number of hydrogen-bond donors (Lipinski definition) is 2. The lowest BCUT2D eigenvalue weighted by atomic mass is 10.2. The van der Waals surface area contributed by atoms with Crippen LogP contribution in [0.15, 0.2) is 71.6 Å². The molecule has 0 aliphatic rings. The lowest BCUT2D eigenvalue weighted by Gasteiger charge is -2.12. The smallest absolute Gasteiger partial charge is 0.262 e. The van der Waals surface area contributed by atoms with E-state index in [4.69, 9.17) is 9.47 Å². The molecule has 0 unspecified atom stereocenters. The van der Waals surface area contributed by atoms with Gasteiger partial charge >= 0.3 is 0 Å². The van der Waals surface area contributed by atoms with Crippen LogP contribution in [0.1, 0.15) is 5.56 Å². The van der Waals surface area contributed by atoms with Crippen LogP contribution in [-0.2, 0) is 10.0 Å². The fourth-order valence-electron chi connectivity index (χ4n) is 2.75. The van der Waals surface area contributed by atoms with Crippen molar-refractivity contribution in [2.45, 2.75) is 11.8 Å². The summed E-state index contributed by atoms with van der Waals surface area (Å²) in [6.45, 7) is 1.73. The lowest BCUT2D eigenvalue weighted by molar-refractivity contribution is 0.414. The fraction of sp³-hybridized carbons (Fsp3) is 0.143. The van der Waals surface area contributed by atoms with E-state index in [0.717, 1.165) is 17.1 Å². The summed E-state index contributed by atoms with van der Waals surface area (Å²) in [5, 5.41) is 3.25. The molecule has 3 aromatic rings. The van der Waals surface area contributed by atoms with Crippen molar-refractivity contribution in [3.05, 3.63) is 72.3 Å². The third-order valence-corrected chi connectivity index (χ3v) is 5.71. The van der Waals surface area contributed by atoms with Crippen molar-refractivity contribution in [2.75, 3.05) is 24.3 Å². The van der Waals surface area contributed by atoms with E-state index < -0.39 is 10.0 Å². The van der Waals surface area contributed by atoms with E-state index in [9.17, 15) is 8.42 Å². The summed E-state index contributed by atoms with van der Waals surface area (Å²) >= 11 is 0. The molecule has 0 aliphatic carbocycles. The van der Waals surface area contributed by atoms with E-state index in [-0.39, 0.29) is 4.90 Å². The molecule has 0 amide bonds. The Morgan fingerprint density at radius 3 is 2.04 bits per heavy atom. The number of anilines is 3. The molecule has 28 heavy (non-hydrogen) atoms. The van der Waals surface area contributed by atoms with Crippen LogP contribution >= 0.6 is 0 Å². The molecule has 0 aromatic heterocycles. The van der Waals surface area contributed by atoms with Gasteiger partial charge in [-0.25, -0.2) is 8.42 Å². The van der Waals surface area contributed by atoms with Crippen LogP contribution in [0.5, 0.6) is 11.5 Å². The van der Waals surface area contributed by atoms with Gasteiger partial charge in [0.1, 0.15) is 11.5 Å². The molecule has 0 fully saturated rings. The summed E-state index contributed by atoms with van der Waals surface area (Å²) in [5.74, 6) is 1.37. The van der Waals surface area contributed by atoms with Gasteiger partial charge in [0.15, 0.2) is 0 Å². The molecule has 3 rings (SSSR count). The first-order chi connectivity index (χ1) is 13.4. The Bertz CT molecular complexity index is 1060. The maximum atomic E-state index is 12.7. The Hall–Kier alpha value is -3.19. The number of aryl methyl sites for hydroxylation is 1. The van der Waals surface area contributed by atoms with Gasteiger partial charge in [0.2, 0.25) is 0 Å². The first kappa shape index (κ1) is 19.6. The number of nitrogens with one attached hydrogen (secondary N) is 2. The number of ether oxygens (including phenoxy) is 2. The summed E-state index contributed by atoms with van der Waals surface area (Å²) < 4.78 is 38.3. The van der Waals surface area contributed by atoms with Crippen molar-refractivity contribution in [3.8, 4) is 11.5 Å². The van der Waals surface area contributed by atoms with Gasteiger partial charge < -0.3 is 14.8 Å². The second-order valence-corrected chi connectivity index (χ2v) is 7.82. The highest BCUT2D eigenvalue weighted by atomic mass is 32.2. The molecular weight excluding hydrogens is 376 g/mol. The number of rotatable bonds is 7. The molecule has 0 saturated carbocycles. The third kappa shape index (κ3) is 4.55. The summed E-state index contributed by atoms with van der Waals surface area (Å²) in [7, 11) is -0.533. The minimum atomic E-state index is -3.69. The zero-order valence-corrected chi connectivity index (χ0v) is 16.7. The van der Waals surface area contributed by atoms with E-state index in [1.807, 2.05) is 24.3 Å². The second kappa shape index (κ2) is 8.22. The monoisotopic (exact) mass is 398 g/mol. The number of sulfonamides is 1. The highest BCUT2D eigenvalue weighted by Gasteiger charge is 2.17. The lowest BCUT2D eigenvalue weighted by Crippen LogP contribution is -2.14. The Kier molecular flexibility index (Phi) is 5.75. The molecule has 0 saturated heterocycles. The van der Waals surface area contributed by atoms with E-state index >= 15 is 0 Å². The largest absolute Gasteiger partial charge is 0.497 e. The first-order valence-electron chi connectivity index (χ1n) is 8.60. The molecule has 0 atom stereocenters. The zero-order chi connectivity index (χ0) is 20.1. The molecule has 3 aromatic carbocycles. The molecule has 2 N–H and O–H groups in total. The second-order valence-electron chi connectivity index (χ2n) is 6.17. The topological polar surface area (TPSA) is 76.7 Å². The summed E-state index contributed by atoms with van der Waals surface area (Å²) in [4.78, 5) is 0.215. The number of methoxy groups -OCH3 is 2. The molecule has 0 aliphatic heterocycles. The maximum absolute atomic E-state index is 12.7. The average molecular weight is 398 g/mol. The van der Waals surface area contributed by atoms with Crippen LogP contribution in [0.25, 0.3) is 0 Å². The van der Waals surface area contributed by atoms with Crippen LogP contribution in [-0.4, -0.2) is 22.6 Å². The Morgan fingerprint density at radius 1 is 0.750 bits per heavy atom. The van der Waals surface area contributed by atoms with Gasteiger partial charge in [-0.3, -0.25) is 4.72 Å². The van der Waals surface area contributed by atoms with Crippen LogP contribution in [0.3, 0.4) is 0 Å². The van der Waals surface area contributed by atoms with Crippen LogP contribution in [0, 0.1) is 6.92 Å². The van der Waals surface area contributed by atoms with Crippen molar-refractivity contribution in [2.24, 2.45) is 0 Å². The summed E-state index contributed by atoms with van der Waals surface area (Å²) in [5.41, 5.74) is 2.80. The van der Waals surface area contributed by atoms with Gasteiger partial charge in [0, 0.05) is 23.1 Å². The molecule has 146 valence electrons. The molecule has 0 heterocycles. The molecule has 0 radical (unpaired) electrons. The zero-order valence-electron chi connectivity index (χ0n) is 15.9. The predicted octanol–water partition coefficient (Wildman–Crippen LogP) is 4.56. The maximum Gasteiger partial charge on any atom is 0.262 e. The van der Waals surface area contributed by atoms with Gasteiger partial charge in [0.25, 0.3) is 10.0 Å². The van der Waals surface area contributed by atoms with Gasteiger partial charge in [0.05, 0.1) is 19.1 Å². The fourth-order valence-corrected chi connectivity index (χ4v) is 4.04. The average Bonchev–Trinajstić information content (AvgIpc) is 2.69. The van der Waals surface area contributed by atoms with Crippen molar-refractivity contribution < 1.29 is 17.9 Å². The van der Waals surface area contributed by atoms with E-state index in [1.165, 1.54) is 6.07 Å². The van der Waals surface area contributed by atoms with Gasteiger partial charge in [-0.2, -0.15) is 0 Å². The van der Waals surface area contributed by atoms with Crippen molar-refractivity contribution in [1.82, 2.24) is 0 Å². The standard InChI is InChI=1S/C21H22N2O4S/c1-15-13-20(27-3)11-12-21(15)28(24,25)23-17-9-7-16(8-10-17)22-18-5-4-6-19(14-18)26-2/h4-14,22-23H,1-3H3. The van der Waals surface area contributed by atoms with Crippen LogP contribution in [0.4, 0.5) is 17.1 Å². The van der Waals surface area contributed by atoms with E-state index in [2.05, 4.69) is 10.0 Å². The Labute approximate surface area is 165 Å².